The third-order valence-corrected chi connectivity index (χ3v) is 8.53. The molecule has 294 valence electrons. The third kappa shape index (κ3) is 6.45. The standard InChI is InChI=1S/C34H26O22/c35-12-1-8(2-13(36)21(12)41)30(47)55-28-27-18(53-34(51)29(28)56-31(48)9-3-14(37)22(42)15(38)4-9)7-52-32(49)10-5-16(39)23(43)25(45)19(10)20-11(33(50)54-27)6-17(40)24(44)26(20)46/h1-6,18,27-29,34-46,51H,7H2/t18-,27+,28-,29-,34-/m1/s1. The van der Waals surface area contributed by atoms with Gasteiger partial charge >= 0.3 is 23.9 Å². The van der Waals surface area contributed by atoms with Crippen LogP contribution in [0, 0.1) is 0 Å². The van der Waals surface area contributed by atoms with Crippen LogP contribution in [0.25, 0.3) is 11.1 Å². The lowest BCUT2D eigenvalue weighted by Gasteiger charge is -2.42. The number of aliphatic hydroxyl groups excluding tert-OH is 1. The van der Waals surface area contributed by atoms with Gasteiger partial charge in [-0.3, -0.25) is 0 Å². The van der Waals surface area contributed by atoms with Crippen molar-refractivity contribution < 1.29 is 109 Å². The number of ether oxygens (including phenoxy) is 5. The lowest BCUT2D eigenvalue weighted by molar-refractivity contribution is -0.284. The van der Waals surface area contributed by atoms with Gasteiger partial charge in [-0.25, -0.2) is 19.2 Å². The Labute approximate surface area is 309 Å². The molecule has 4 aromatic carbocycles. The van der Waals surface area contributed by atoms with Crippen LogP contribution >= 0.6 is 0 Å². The van der Waals surface area contributed by atoms with E-state index in [1.165, 1.54) is 0 Å². The maximum absolute atomic E-state index is 14.0. The van der Waals surface area contributed by atoms with Crippen LogP contribution in [0.4, 0.5) is 0 Å². The molecule has 13 N–H and O–H groups in total. The van der Waals surface area contributed by atoms with Crippen LogP contribution in [0.1, 0.15) is 41.4 Å². The van der Waals surface area contributed by atoms with Crippen LogP contribution in [-0.4, -0.2) is 128 Å². The Morgan fingerprint density at radius 1 is 0.536 bits per heavy atom. The molecular formula is C34H26O22. The van der Waals surface area contributed by atoms with E-state index in [-0.39, 0.29) is 0 Å². The second-order valence-electron chi connectivity index (χ2n) is 12.0. The molecule has 0 bridgehead atoms. The monoisotopic (exact) mass is 786 g/mol. The SMILES string of the molecule is O=C(O[C@H]1[C@@H](OC(=O)c2cc(O)c(O)c(O)c2)[C@H](O)O[C@@H]2COC(=O)c3cc(O)c(O)c(O)c3-c3c(cc(O)c(O)c3O)C(=O)O[C@H]12)c1cc(O)c(O)c(O)c1. The number of benzene rings is 4. The molecule has 0 amide bonds. The topological polar surface area (TPSA) is 377 Å². The van der Waals surface area contributed by atoms with Gasteiger partial charge in [0.25, 0.3) is 0 Å². The summed E-state index contributed by atoms with van der Waals surface area (Å²) in [6.07, 6.45) is -11.2. The summed E-state index contributed by atoms with van der Waals surface area (Å²) in [6.45, 7) is -1.09. The molecule has 0 saturated carbocycles. The molecule has 22 heteroatoms. The number of aromatic hydroxyl groups is 12. The van der Waals surface area contributed by atoms with Gasteiger partial charge in [0.2, 0.25) is 11.5 Å². The molecule has 0 radical (unpaired) electrons. The lowest BCUT2D eigenvalue weighted by Crippen LogP contribution is -2.62. The fraction of sp³-hybridized carbons (Fsp3) is 0.176. The average Bonchev–Trinajstić information content (AvgIpc) is 3.16. The zero-order valence-electron chi connectivity index (χ0n) is 27.5. The van der Waals surface area contributed by atoms with Crippen LogP contribution in [-0.2, 0) is 23.7 Å². The van der Waals surface area contributed by atoms with E-state index < -0.39 is 164 Å². The molecule has 2 aliphatic rings. The van der Waals surface area contributed by atoms with Crippen molar-refractivity contribution in [2.75, 3.05) is 6.61 Å². The molecule has 6 rings (SSSR count). The van der Waals surface area contributed by atoms with Crippen molar-refractivity contribution in [3.63, 3.8) is 0 Å². The normalized spacial score (nSPS) is 20.6. The van der Waals surface area contributed by atoms with Crippen LogP contribution in [0.3, 0.4) is 0 Å². The second kappa shape index (κ2) is 13.9. The Morgan fingerprint density at radius 2 is 0.929 bits per heavy atom. The van der Waals surface area contributed by atoms with Gasteiger partial charge < -0.3 is 90.1 Å². The van der Waals surface area contributed by atoms with Gasteiger partial charge in [-0.1, -0.05) is 0 Å². The van der Waals surface area contributed by atoms with Crippen molar-refractivity contribution in [3.8, 4) is 80.1 Å². The highest BCUT2D eigenvalue weighted by molar-refractivity contribution is 6.08. The summed E-state index contributed by atoms with van der Waals surface area (Å²) < 4.78 is 27.0. The molecule has 5 atom stereocenters. The average molecular weight is 787 g/mol. The number of aliphatic hydroxyl groups is 1. The molecule has 0 aliphatic carbocycles. The largest absolute Gasteiger partial charge is 0.504 e. The zero-order chi connectivity index (χ0) is 41.1. The molecular weight excluding hydrogens is 760 g/mol. The summed E-state index contributed by atoms with van der Waals surface area (Å²) in [4.78, 5) is 54.3. The maximum atomic E-state index is 14.0. The van der Waals surface area contributed by atoms with E-state index in [0.717, 1.165) is 0 Å². The summed E-state index contributed by atoms with van der Waals surface area (Å²) in [5.74, 6) is -20.2. The van der Waals surface area contributed by atoms with Crippen LogP contribution in [0.15, 0.2) is 36.4 Å². The molecule has 2 heterocycles. The van der Waals surface area contributed by atoms with Gasteiger partial charge in [0.05, 0.1) is 22.3 Å². The van der Waals surface area contributed by atoms with Gasteiger partial charge in [-0.15, -0.1) is 0 Å². The summed E-state index contributed by atoms with van der Waals surface area (Å²) in [7, 11) is 0. The van der Waals surface area contributed by atoms with E-state index in [1.54, 1.807) is 0 Å². The molecule has 1 saturated heterocycles. The van der Waals surface area contributed by atoms with Gasteiger partial charge in [0.15, 0.2) is 82.1 Å². The number of cyclic esters (lactones) is 1. The minimum absolute atomic E-state index is 0.459. The van der Waals surface area contributed by atoms with E-state index in [0.29, 0.717) is 36.4 Å². The van der Waals surface area contributed by atoms with E-state index in [1.807, 2.05) is 0 Å². The molecule has 4 aromatic rings. The fourth-order valence-electron chi connectivity index (χ4n) is 5.80. The number of phenols is 12. The van der Waals surface area contributed by atoms with Gasteiger partial charge in [-0.05, 0) is 36.4 Å². The predicted octanol–water partition coefficient (Wildman–Crippen LogP) is 0.685. The number of fused-ring (bicyclic) bond motifs is 4. The predicted molar refractivity (Wildman–Crippen MR) is 174 cm³/mol. The first-order chi connectivity index (χ1) is 26.3. The molecule has 1 fully saturated rings. The Morgan fingerprint density at radius 3 is 1.38 bits per heavy atom. The number of phenolic OH excluding ortho intramolecular Hbond substituents is 12. The summed E-state index contributed by atoms with van der Waals surface area (Å²) in [6, 6.07) is 3.41. The number of hydrogen-bond donors (Lipinski definition) is 13. The highest BCUT2D eigenvalue weighted by Crippen LogP contribution is 2.53. The highest BCUT2D eigenvalue weighted by atomic mass is 16.7. The Hall–Kier alpha value is -7.72. The van der Waals surface area contributed by atoms with Crippen LogP contribution in [0.5, 0.6) is 69.0 Å². The first-order valence-electron chi connectivity index (χ1n) is 15.5. The number of esters is 4. The Kier molecular flexibility index (Phi) is 9.45. The van der Waals surface area contributed by atoms with Crippen molar-refractivity contribution in [2.24, 2.45) is 0 Å². The van der Waals surface area contributed by atoms with Gasteiger partial charge in [0.1, 0.15) is 12.7 Å². The minimum Gasteiger partial charge on any atom is -0.504 e. The Bertz CT molecular complexity index is 2290. The first kappa shape index (κ1) is 38.0. The van der Waals surface area contributed by atoms with E-state index >= 15 is 0 Å². The zero-order valence-corrected chi connectivity index (χ0v) is 27.5. The first-order valence-corrected chi connectivity index (χ1v) is 15.5. The maximum Gasteiger partial charge on any atom is 0.339 e. The quantitative estimate of drug-likeness (QED) is 0.0768. The molecule has 22 nitrogen and oxygen atoms in total. The molecule has 0 aromatic heterocycles. The highest BCUT2D eigenvalue weighted by Gasteiger charge is 2.53. The minimum atomic E-state index is -2.42. The Balaban J connectivity index is 1.51. The van der Waals surface area contributed by atoms with Gasteiger partial charge in [0, 0.05) is 11.1 Å². The van der Waals surface area contributed by atoms with Crippen molar-refractivity contribution in [3.05, 3.63) is 58.7 Å². The lowest BCUT2D eigenvalue weighted by atomic mass is 9.92. The summed E-state index contributed by atoms with van der Waals surface area (Å²) >= 11 is 0. The molecule has 0 unspecified atom stereocenters. The molecule has 2 aliphatic heterocycles. The summed E-state index contributed by atoms with van der Waals surface area (Å²) in [5.41, 5.74) is -5.28. The molecule has 0 spiro atoms. The van der Waals surface area contributed by atoms with Gasteiger partial charge in [-0.2, -0.15) is 0 Å². The number of rotatable bonds is 4. The van der Waals surface area contributed by atoms with E-state index in [4.69, 9.17) is 23.7 Å². The number of carbonyl (C=O) groups is 4. The van der Waals surface area contributed by atoms with E-state index in [9.17, 15) is 85.6 Å². The van der Waals surface area contributed by atoms with Crippen LogP contribution in [0.2, 0.25) is 0 Å². The fourth-order valence-corrected chi connectivity index (χ4v) is 5.80. The van der Waals surface area contributed by atoms with Crippen molar-refractivity contribution in [1.82, 2.24) is 0 Å². The van der Waals surface area contributed by atoms with Crippen LogP contribution < -0.4 is 0 Å². The third-order valence-electron chi connectivity index (χ3n) is 8.53. The second-order valence-corrected chi connectivity index (χ2v) is 12.0. The number of carbonyl (C=O) groups excluding carboxylic acids is 4. The van der Waals surface area contributed by atoms with Crippen molar-refractivity contribution in [2.45, 2.75) is 30.7 Å². The molecule has 56 heavy (non-hydrogen) atoms. The van der Waals surface area contributed by atoms with E-state index in [2.05, 4.69) is 0 Å². The summed E-state index contributed by atoms with van der Waals surface area (Å²) in [5, 5.41) is 133. The van der Waals surface area contributed by atoms with Crippen molar-refractivity contribution in [1.29, 1.82) is 0 Å². The smallest absolute Gasteiger partial charge is 0.339 e. The number of hydrogen-bond acceptors (Lipinski definition) is 22. The van der Waals surface area contributed by atoms with Crippen molar-refractivity contribution >= 4 is 23.9 Å².